The lowest BCUT2D eigenvalue weighted by Gasteiger charge is -2.51. The van der Waals surface area contributed by atoms with Crippen molar-refractivity contribution in [3.63, 3.8) is 0 Å². The van der Waals surface area contributed by atoms with Gasteiger partial charge in [0.15, 0.2) is 0 Å². The first kappa shape index (κ1) is 18.5. The molecule has 1 spiro atoms. The van der Waals surface area contributed by atoms with Crippen LogP contribution in [0.15, 0.2) is 11.6 Å². The molecule has 4 fully saturated rings. The summed E-state index contributed by atoms with van der Waals surface area (Å²) in [5.41, 5.74) is -0.0257. The smallest absolute Gasteiger partial charge is 0.319 e. The Morgan fingerprint density at radius 1 is 1.30 bits per heavy atom. The summed E-state index contributed by atoms with van der Waals surface area (Å²) in [5, 5.41) is 10.1. The first-order valence-corrected chi connectivity index (χ1v) is 12.1. The van der Waals surface area contributed by atoms with Crippen molar-refractivity contribution < 1.29 is 24.2 Å². The molecular weight excluding hydrogens is 384 g/mol. The minimum absolute atomic E-state index is 0.00216. The van der Waals surface area contributed by atoms with Gasteiger partial charge in [0.05, 0.1) is 23.7 Å². The highest BCUT2D eigenvalue weighted by atomic mass is 32.2. The van der Waals surface area contributed by atoms with Crippen LogP contribution in [0.2, 0.25) is 0 Å². The Hall–Kier alpha value is -0.500. The number of hydrogen-bond acceptors (Lipinski definition) is 7. The standard InChI is InChI=1S/C20H26O5S2/c1-11-7-15-19(9-16-26-5-2-6-27-16)8-14(22)13(10-21)17-12(11)3-4-24-20(15,17)25-18(19)23/h7,11-13,16-17,21H,2-6,8-10H2,1H3/t11-,12+,13+,17+,19?,20-/m0/s1. The molecule has 0 aromatic carbocycles. The van der Waals surface area contributed by atoms with E-state index in [1.165, 1.54) is 6.42 Å². The molecule has 0 amide bonds. The molecule has 5 bridgehead atoms. The average Bonchev–Trinajstić information content (AvgIpc) is 2.82. The fraction of sp³-hybridized carbons (Fsp3) is 0.800. The fourth-order valence-corrected chi connectivity index (χ4v) is 9.12. The van der Waals surface area contributed by atoms with Crippen LogP contribution < -0.4 is 0 Å². The summed E-state index contributed by atoms with van der Waals surface area (Å²) in [6.45, 7) is 2.50. The Bertz CT molecular complexity index is 702. The number of aliphatic hydroxyl groups excluding tert-OH is 1. The van der Waals surface area contributed by atoms with E-state index in [0.29, 0.717) is 13.0 Å². The average molecular weight is 411 g/mol. The third-order valence-electron chi connectivity index (χ3n) is 7.23. The highest BCUT2D eigenvalue weighted by Crippen LogP contribution is 2.65. The van der Waals surface area contributed by atoms with Crippen molar-refractivity contribution in [2.24, 2.45) is 29.1 Å². The zero-order chi connectivity index (χ0) is 18.8. The molecule has 1 saturated carbocycles. The third-order valence-corrected chi connectivity index (χ3v) is 10.2. The van der Waals surface area contributed by atoms with Crippen LogP contribution in [0.4, 0.5) is 0 Å². The summed E-state index contributed by atoms with van der Waals surface area (Å²) in [4.78, 5) is 26.6. The van der Waals surface area contributed by atoms with Gasteiger partial charge in [-0.05, 0) is 42.6 Å². The van der Waals surface area contributed by atoms with Crippen molar-refractivity contribution in [2.75, 3.05) is 24.7 Å². The Balaban J connectivity index is 1.65. The van der Waals surface area contributed by atoms with Crippen LogP contribution >= 0.6 is 23.5 Å². The van der Waals surface area contributed by atoms with Crippen LogP contribution in [0.1, 0.15) is 32.6 Å². The molecule has 5 aliphatic rings. The van der Waals surface area contributed by atoms with Crippen LogP contribution in [0, 0.1) is 29.1 Å². The summed E-state index contributed by atoms with van der Waals surface area (Å²) in [5.74, 6) is 0.450. The molecular formula is C20H26O5S2. The number of thioether (sulfide) groups is 2. The first-order valence-electron chi connectivity index (χ1n) is 9.99. The summed E-state index contributed by atoms with van der Waals surface area (Å²) in [6, 6.07) is 0. The number of esters is 1. The van der Waals surface area contributed by atoms with Crippen molar-refractivity contribution in [3.8, 4) is 0 Å². The number of carbonyl (C=O) groups excluding carboxylic acids is 2. The first-order chi connectivity index (χ1) is 13.0. The maximum absolute atomic E-state index is 13.3. The molecule has 0 aromatic heterocycles. The van der Waals surface area contributed by atoms with Crippen LogP contribution in [0.5, 0.6) is 0 Å². The van der Waals surface area contributed by atoms with Crippen molar-refractivity contribution in [2.45, 2.75) is 43.0 Å². The van der Waals surface area contributed by atoms with E-state index in [1.54, 1.807) is 0 Å². The van der Waals surface area contributed by atoms with Crippen LogP contribution in [0.25, 0.3) is 0 Å². The molecule has 3 saturated heterocycles. The Labute approximate surface area is 168 Å². The molecule has 6 atom stereocenters. The summed E-state index contributed by atoms with van der Waals surface area (Å²) < 4.78 is 12.5. The lowest BCUT2D eigenvalue weighted by molar-refractivity contribution is -0.266. The molecule has 1 N–H and O–H groups in total. The van der Waals surface area contributed by atoms with Gasteiger partial charge >= 0.3 is 5.97 Å². The van der Waals surface area contributed by atoms with Crippen molar-refractivity contribution in [3.05, 3.63) is 11.6 Å². The lowest BCUT2D eigenvalue weighted by atomic mass is 9.61. The van der Waals surface area contributed by atoms with Gasteiger partial charge in [-0.3, -0.25) is 9.59 Å². The van der Waals surface area contributed by atoms with E-state index in [9.17, 15) is 14.7 Å². The maximum Gasteiger partial charge on any atom is 0.319 e. The molecule has 0 radical (unpaired) electrons. The van der Waals surface area contributed by atoms with Crippen molar-refractivity contribution in [1.82, 2.24) is 0 Å². The number of rotatable bonds is 3. The van der Waals surface area contributed by atoms with Gasteiger partial charge in [-0.2, -0.15) is 0 Å². The summed E-state index contributed by atoms with van der Waals surface area (Å²) in [6.07, 6.45) is 4.95. The Morgan fingerprint density at radius 3 is 2.81 bits per heavy atom. The largest absolute Gasteiger partial charge is 0.428 e. The zero-order valence-electron chi connectivity index (χ0n) is 15.5. The van der Waals surface area contributed by atoms with Crippen molar-refractivity contribution >= 4 is 35.3 Å². The molecule has 148 valence electrons. The normalized spacial score (nSPS) is 46.7. The van der Waals surface area contributed by atoms with Gasteiger partial charge in [0.1, 0.15) is 11.2 Å². The second-order valence-electron chi connectivity index (χ2n) is 8.57. The second-order valence-corrected chi connectivity index (χ2v) is 11.5. The lowest BCUT2D eigenvalue weighted by Crippen LogP contribution is -2.57. The number of ketones is 1. The molecule has 3 heterocycles. The van der Waals surface area contributed by atoms with E-state index < -0.39 is 17.1 Å². The number of carbonyl (C=O) groups is 2. The number of aliphatic hydroxyl groups is 1. The van der Waals surface area contributed by atoms with Gasteiger partial charge in [0.25, 0.3) is 0 Å². The predicted octanol–water partition coefficient (Wildman–Crippen LogP) is 2.62. The highest BCUT2D eigenvalue weighted by Gasteiger charge is 2.73. The monoisotopic (exact) mass is 410 g/mol. The summed E-state index contributed by atoms with van der Waals surface area (Å²) >= 11 is 3.77. The molecule has 0 aromatic rings. The van der Waals surface area contributed by atoms with E-state index in [4.69, 9.17) is 9.47 Å². The zero-order valence-corrected chi connectivity index (χ0v) is 17.2. The number of ether oxygens (including phenoxy) is 2. The topological polar surface area (TPSA) is 72.8 Å². The van der Waals surface area contributed by atoms with Gasteiger partial charge < -0.3 is 14.6 Å². The molecule has 5 nitrogen and oxygen atoms in total. The summed E-state index contributed by atoms with van der Waals surface area (Å²) in [7, 11) is 0. The number of Topliss-reactive ketones (excluding diaryl/α,β-unsaturated/α-hetero) is 1. The molecule has 2 aliphatic carbocycles. The van der Waals surface area contributed by atoms with E-state index >= 15 is 0 Å². The maximum atomic E-state index is 13.3. The number of hydrogen-bond donors (Lipinski definition) is 1. The van der Waals surface area contributed by atoms with Gasteiger partial charge in [0, 0.05) is 17.9 Å². The van der Waals surface area contributed by atoms with Crippen LogP contribution in [-0.4, -0.2) is 51.9 Å². The third kappa shape index (κ3) is 2.47. The van der Waals surface area contributed by atoms with Gasteiger partial charge in [0.2, 0.25) is 5.79 Å². The van der Waals surface area contributed by atoms with Crippen molar-refractivity contribution in [1.29, 1.82) is 0 Å². The van der Waals surface area contributed by atoms with E-state index in [1.807, 2.05) is 23.5 Å². The van der Waals surface area contributed by atoms with Crippen LogP contribution in [-0.2, 0) is 19.1 Å². The Morgan fingerprint density at radius 2 is 2.07 bits per heavy atom. The van der Waals surface area contributed by atoms with Gasteiger partial charge in [-0.25, -0.2) is 0 Å². The predicted molar refractivity (Wildman–Crippen MR) is 104 cm³/mol. The Kier molecular flexibility index (Phi) is 4.46. The minimum Gasteiger partial charge on any atom is -0.428 e. The van der Waals surface area contributed by atoms with E-state index in [0.717, 1.165) is 23.5 Å². The molecule has 5 rings (SSSR count). The molecule has 7 heteroatoms. The highest BCUT2D eigenvalue weighted by molar-refractivity contribution is 8.17. The second kappa shape index (κ2) is 6.51. The fourth-order valence-electron chi connectivity index (χ4n) is 6.02. The number of allylic oxidation sites excluding steroid dienone is 1. The van der Waals surface area contributed by atoms with Gasteiger partial charge in [-0.1, -0.05) is 13.0 Å². The van der Waals surface area contributed by atoms with Gasteiger partial charge in [-0.15, -0.1) is 23.5 Å². The molecule has 3 aliphatic heterocycles. The molecule has 1 unspecified atom stereocenters. The van der Waals surface area contributed by atoms with E-state index in [-0.39, 0.29) is 47.1 Å². The molecule has 27 heavy (non-hydrogen) atoms. The SMILES string of the molecule is C[C@H]1C=C2C3(CC4SCCCS4)CC(=O)[C@@H](CO)[C@H]4[C@@H]1CCO[C@]24OC3=O. The van der Waals surface area contributed by atoms with Crippen LogP contribution in [0.3, 0.4) is 0 Å². The minimum atomic E-state index is -1.13. The van der Waals surface area contributed by atoms with E-state index in [2.05, 4.69) is 13.0 Å². The quantitative estimate of drug-likeness (QED) is 0.566.